The van der Waals surface area contributed by atoms with Crippen molar-refractivity contribution in [2.75, 3.05) is 13.7 Å². The summed E-state index contributed by atoms with van der Waals surface area (Å²) in [6.07, 6.45) is -4.41. The van der Waals surface area contributed by atoms with E-state index >= 15 is 0 Å². The average molecular weight is 424 g/mol. The number of aliphatic carboxylic acids is 1. The molecular formula is C21H23F3N2O4. The van der Waals surface area contributed by atoms with Gasteiger partial charge in [-0.25, -0.2) is 0 Å². The van der Waals surface area contributed by atoms with Crippen molar-refractivity contribution in [1.82, 2.24) is 10.6 Å². The van der Waals surface area contributed by atoms with Crippen molar-refractivity contribution in [1.29, 1.82) is 0 Å². The average Bonchev–Trinajstić information content (AvgIpc) is 2.71. The molecule has 3 N–H and O–H groups in total. The number of ether oxygens (including phenoxy) is 2. The van der Waals surface area contributed by atoms with Gasteiger partial charge < -0.3 is 25.2 Å². The number of carboxylic acids is 1. The predicted molar refractivity (Wildman–Crippen MR) is 103 cm³/mol. The van der Waals surface area contributed by atoms with Gasteiger partial charge in [0, 0.05) is 30.7 Å². The van der Waals surface area contributed by atoms with Gasteiger partial charge >= 0.3 is 12.3 Å². The molecule has 1 heterocycles. The van der Waals surface area contributed by atoms with Crippen LogP contribution in [0.5, 0.6) is 11.5 Å². The van der Waals surface area contributed by atoms with Crippen LogP contribution in [0.4, 0.5) is 13.2 Å². The van der Waals surface area contributed by atoms with Gasteiger partial charge in [0.25, 0.3) is 0 Å². The Balaban J connectivity index is 1.79. The van der Waals surface area contributed by atoms with Crippen LogP contribution in [0.3, 0.4) is 0 Å². The SMILES string of the molecule is COc1ccc(OC(F)(F)F)cc1CN[C@@H]1C[C@@H](C(=O)O)CN[C@H]1c1ccccc1. The topological polar surface area (TPSA) is 79.8 Å². The maximum absolute atomic E-state index is 12.6. The number of nitrogens with one attached hydrogen (secondary N) is 2. The molecule has 0 aromatic heterocycles. The van der Waals surface area contributed by atoms with Gasteiger partial charge in [0.05, 0.1) is 13.0 Å². The van der Waals surface area contributed by atoms with Gasteiger partial charge in [0.15, 0.2) is 0 Å². The normalized spacial score (nSPS) is 21.8. The zero-order valence-corrected chi connectivity index (χ0v) is 16.3. The van der Waals surface area contributed by atoms with Gasteiger partial charge in [-0.05, 0) is 30.2 Å². The lowest BCUT2D eigenvalue weighted by Gasteiger charge is -2.36. The van der Waals surface area contributed by atoms with E-state index in [1.807, 2.05) is 30.3 Å². The zero-order valence-electron chi connectivity index (χ0n) is 16.3. The highest BCUT2D eigenvalue weighted by Crippen LogP contribution is 2.30. The Morgan fingerprint density at radius 2 is 1.97 bits per heavy atom. The quantitative estimate of drug-likeness (QED) is 0.632. The van der Waals surface area contributed by atoms with E-state index in [1.54, 1.807) is 0 Å². The van der Waals surface area contributed by atoms with Gasteiger partial charge in [-0.1, -0.05) is 30.3 Å². The minimum atomic E-state index is -4.79. The van der Waals surface area contributed by atoms with E-state index in [0.717, 1.165) is 5.56 Å². The molecule has 1 fully saturated rings. The highest BCUT2D eigenvalue weighted by atomic mass is 19.4. The molecule has 162 valence electrons. The number of halogens is 3. The molecule has 0 radical (unpaired) electrons. The van der Waals surface area contributed by atoms with Crippen molar-refractivity contribution >= 4 is 5.97 Å². The Bertz CT molecular complexity index is 861. The van der Waals surface area contributed by atoms with Crippen LogP contribution in [0.15, 0.2) is 48.5 Å². The molecule has 0 aliphatic carbocycles. The van der Waals surface area contributed by atoms with Crippen LogP contribution in [-0.2, 0) is 11.3 Å². The van der Waals surface area contributed by atoms with Crippen molar-refractivity contribution in [3.8, 4) is 11.5 Å². The number of carboxylic acid groups (broad SMARTS) is 1. The maximum Gasteiger partial charge on any atom is 0.573 e. The second-order valence-corrected chi connectivity index (χ2v) is 7.08. The molecule has 9 heteroatoms. The second-order valence-electron chi connectivity index (χ2n) is 7.08. The first-order chi connectivity index (χ1) is 14.3. The Kier molecular flexibility index (Phi) is 6.84. The van der Waals surface area contributed by atoms with Crippen LogP contribution in [0.1, 0.15) is 23.6 Å². The lowest BCUT2D eigenvalue weighted by Crippen LogP contribution is -2.50. The summed E-state index contributed by atoms with van der Waals surface area (Å²) in [5, 5.41) is 16.0. The van der Waals surface area contributed by atoms with Gasteiger partial charge in [-0.15, -0.1) is 13.2 Å². The van der Waals surface area contributed by atoms with Crippen LogP contribution in [0.2, 0.25) is 0 Å². The molecule has 0 spiro atoms. The predicted octanol–water partition coefficient (Wildman–Crippen LogP) is 3.49. The minimum absolute atomic E-state index is 0.137. The molecule has 3 atom stereocenters. The fourth-order valence-corrected chi connectivity index (χ4v) is 3.67. The smallest absolute Gasteiger partial charge is 0.496 e. The van der Waals surface area contributed by atoms with E-state index in [-0.39, 0.29) is 24.4 Å². The van der Waals surface area contributed by atoms with Crippen molar-refractivity contribution in [3.05, 3.63) is 59.7 Å². The van der Waals surface area contributed by atoms with Crippen LogP contribution >= 0.6 is 0 Å². The van der Waals surface area contributed by atoms with E-state index in [1.165, 1.54) is 25.3 Å². The molecule has 3 rings (SSSR count). The molecular weight excluding hydrogens is 401 g/mol. The molecule has 6 nitrogen and oxygen atoms in total. The number of carbonyl (C=O) groups is 1. The molecule has 2 aromatic rings. The van der Waals surface area contributed by atoms with Gasteiger partial charge in [0.2, 0.25) is 0 Å². The number of hydrogen-bond donors (Lipinski definition) is 3. The number of piperidine rings is 1. The Labute approximate surface area is 172 Å². The van der Waals surface area contributed by atoms with E-state index < -0.39 is 18.2 Å². The summed E-state index contributed by atoms with van der Waals surface area (Å²) < 4.78 is 46.9. The van der Waals surface area contributed by atoms with Crippen LogP contribution in [0.25, 0.3) is 0 Å². The number of hydrogen-bond acceptors (Lipinski definition) is 5. The largest absolute Gasteiger partial charge is 0.573 e. The van der Waals surface area contributed by atoms with Crippen molar-refractivity contribution in [2.24, 2.45) is 5.92 Å². The summed E-state index contributed by atoms with van der Waals surface area (Å²) in [4.78, 5) is 11.5. The zero-order chi connectivity index (χ0) is 21.7. The van der Waals surface area contributed by atoms with E-state index in [9.17, 15) is 23.1 Å². The van der Waals surface area contributed by atoms with Gasteiger partial charge in [0.1, 0.15) is 11.5 Å². The molecule has 0 saturated carbocycles. The lowest BCUT2D eigenvalue weighted by atomic mass is 9.86. The third-order valence-electron chi connectivity index (χ3n) is 5.07. The third-order valence-corrected chi connectivity index (χ3v) is 5.07. The number of rotatable bonds is 7. The molecule has 1 saturated heterocycles. The molecule has 30 heavy (non-hydrogen) atoms. The third kappa shape index (κ3) is 5.64. The minimum Gasteiger partial charge on any atom is -0.496 e. The summed E-state index contributed by atoms with van der Waals surface area (Å²) in [5.41, 5.74) is 1.48. The van der Waals surface area contributed by atoms with Gasteiger partial charge in [-0.3, -0.25) is 4.79 Å². The van der Waals surface area contributed by atoms with Crippen molar-refractivity contribution in [2.45, 2.75) is 31.4 Å². The first kappa shape index (κ1) is 21.9. The van der Waals surface area contributed by atoms with E-state index in [4.69, 9.17) is 4.74 Å². The van der Waals surface area contributed by atoms with Crippen LogP contribution < -0.4 is 20.1 Å². The summed E-state index contributed by atoms with van der Waals surface area (Å²) in [6, 6.07) is 13.1. The summed E-state index contributed by atoms with van der Waals surface area (Å²) in [5.74, 6) is -1.39. The number of alkyl halides is 3. The maximum atomic E-state index is 12.6. The Morgan fingerprint density at radius 1 is 1.23 bits per heavy atom. The number of methoxy groups -OCH3 is 1. The lowest BCUT2D eigenvalue weighted by molar-refractivity contribution is -0.274. The first-order valence-electron chi connectivity index (χ1n) is 9.44. The monoisotopic (exact) mass is 424 g/mol. The van der Waals surface area contributed by atoms with Crippen LogP contribution in [-0.4, -0.2) is 37.1 Å². The fraction of sp³-hybridized carbons (Fsp3) is 0.381. The summed E-state index contributed by atoms with van der Waals surface area (Å²) in [6.45, 7) is 0.519. The summed E-state index contributed by atoms with van der Waals surface area (Å²) >= 11 is 0. The molecule has 1 aliphatic rings. The standard InChI is InChI=1S/C21H23F3N2O4/c1-29-18-8-7-16(30-21(22,23)24)9-14(18)11-25-17-10-15(20(27)28)12-26-19(17)13-5-3-2-4-6-13/h2-9,15,17,19,25-26H,10-12H2,1H3,(H,27,28)/t15-,17-,19+/m1/s1. The van der Waals surface area contributed by atoms with E-state index in [0.29, 0.717) is 24.3 Å². The molecule has 0 unspecified atom stereocenters. The highest BCUT2D eigenvalue weighted by molar-refractivity contribution is 5.70. The Hall–Kier alpha value is -2.78. The second kappa shape index (κ2) is 9.36. The number of benzene rings is 2. The van der Waals surface area contributed by atoms with E-state index in [2.05, 4.69) is 15.4 Å². The summed E-state index contributed by atoms with van der Waals surface area (Å²) in [7, 11) is 1.43. The fourth-order valence-electron chi connectivity index (χ4n) is 3.67. The molecule has 1 aliphatic heterocycles. The highest BCUT2D eigenvalue weighted by Gasteiger charge is 2.34. The molecule has 2 aromatic carbocycles. The Morgan fingerprint density at radius 3 is 2.60 bits per heavy atom. The van der Waals surface area contributed by atoms with Crippen molar-refractivity contribution < 1.29 is 32.5 Å². The molecule has 0 bridgehead atoms. The molecule has 0 amide bonds. The van der Waals surface area contributed by atoms with Crippen molar-refractivity contribution in [3.63, 3.8) is 0 Å². The first-order valence-corrected chi connectivity index (χ1v) is 9.44. The van der Waals surface area contributed by atoms with Gasteiger partial charge in [-0.2, -0.15) is 0 Å². The van der Waals surface area contributed by atoms with Crippen LogP contribution in [0, 0.1) is 5.92 Å².